The number of halogens is 1. The summed E-state index contributed by atoms with van der Waals surface area (Å²) in [5.41, 5.74) is 3.14. The van der Waals surface area contributed by atoms with Crippen LogP contribution in [-0.2, 0) is 13.1 Å². The number of anilines is 1. The number of hydrogen-bond donors (Lipinski definition) is 1. The Kier molecular flexibility index (Phi) is 5.06. The predicted molar refractivity (Wildman–Crippen MR) is 118 cm³/mol. The van der Waals surface area contributed by atoms with Gasteiger partial charge >= 0.3 is 0 Å². The van der Waals surface area contributed by atoms with Gasteiger partial charge in [0, 0.05) is 43.4 Å². The van der Waals surface area contributed by atoms with Crippen LogP contribution in [0.2, 0.25) is 0 Å². The highest BCUT2D eigenvalue weighted by Gasteiger charge is 2.36. The van der Waals surface area contributed by atoms with Gasteiger partial charge in [0.25, 0.3) is 11.5 Å². The molecular formula is C25H24FN3O2. The fourth-order valence-electron chi connectivity index (χ4n) is 4.81. The molecule has 6 heteroatoms. The number of amides is 1. The van der Waals surface area contributed by atoms with Crippen molar-refractivity contribution in [2.75, 3.05) is 18.4 Å². The van der Waals surface area contributed by atoms with Crippen LogP contribution in [0.15, 0.2) is 71.5 Å². The maximum atomic E-state index is 13.1. The quantitative estimate of drug-likeness (QED) is 0.701. The van der Waals surface area contributed by atoms with E-state index in [0.29, 0.717) is 37.4 Å². The van der Waals surface area contributed by atoms with E-state index in [2.05, 4.69) is 5.32 Å². The Bertz CT molecular complexity index is 1160. The number of aromatic nitrogens is 1. The van der Waals surface area contributed by atoms with Crippen LogP contribution in [0.1, 0.15) is 34.0 Å². The molecule has 1 amide bonds. The third-order valence-corrected chi connectivity index (χ3v) is 6.31. The highest BCUT2D eigenvalue weighted by atomic mass is 19.1. The third-order valence-electron chi connectivity index (χ3n) is 6.31. The Labute approximate surface area is 180 Å². The minimum Gasteiger partial charge on any atom is -0.377 e. The van der Waals surface area contributed by atoms with Gasteiger partial charge in [-0.25, -0.2) is 4.39 Å². The lowest BCUT2D eigenvalue weighted by Crippen LogP contribution is -2.49. The molecule has 3 aromatic rings. The van der Waals surface area contributed by atoms with Gasteiger partial charge in [-0.1, -0.05) is 30.3 Å². The van der Waals surface area contributed by atoms with Crippen molar-refractivity contribution < 1.29 is 9.18 Å². The van der Waals surface area contributed by atoms with Crippen molar-refractivity contribution in [2.45, 2.75) is 25.4 Å². The molecule has 5 rings (SSSR count). The van der Waals surface area contributed by atoms with Gasteiger partial charge in [-0.2, -0.15) is 0 Å². The first-order valence-corrected chi connectivity index (χ1v) is 10.6. The number of benzene rings is 2. The maximum Gasteiger partial charge on any atom is 0.274 e. The van der Waals surface area contributed by atoms with Crippen LogP contribution in [0.25, 0.3) is 0 Å². The molecule has 0 spiro atoms. The summed E-state index contributed by atoms with van der Waals surface area (Å²) < 4.78 is 15.0. The summed E-state index contributed by atoms with van der Waals surface area (Å²) in [6.07, 6.45) is 1.00. The summed E-state index contributed by atoms with van der Waals surface area (Å²) in [6, 6.07) is 19.5. The predicted octanol–water partition coefficient (Wildman–Crippen LogP) is 3.86. The molecule has 3 heterocycles. The van der Waals surface area contributed by atoms with E-state index in [1.54, 1.807) is 12.1 Å². The Morgan fingerprint density at radius 1 is 0.968 bits per heavy atom. The molecule has 158 valence electrons. The zero-order chi connectivity index (χ0) is 21.4. The van der Waals surface area contributed by atoms with E-state index in [0.717, 1.165) is 17.7 Å². The molecule has 2 aliphatic heterocycles. The zero-order valence-electron chi connectivity index (χ0n) is 17.1. The van der Waals surface area contributed by atoms with Gasteiger partial charge in [0.1, 0.15) is 11.5 Å². The highest BCUT2D eigenvalue weighted by molar-refractivity contribution is 5.94. The largest absolute Gasteiger partial charge is 0.377 e. The standard InChI is InChI=1S/C25H24FN3O2/c26-21-8-6-17(7-9-21)13-27-22-10-11-23-20-12-18(15-29(23)25(22)31)14-28(16-20)24(30)19-4-2-1-3-5-19/h1-11,18,20,27H,12-16H2. The first kappa shape index (κ1) is 19.5. The maximum absolute atomic E-state index is 13.1. The van der Waals surface area contributed by atoms with Crippen LogP contribution in [0, 0.1) is 11.7 Å². The van der Waals surface area contributed by atoms with E-state index < -0.39 is 0 Å². The molecule has 2 unspecified atom stereocenters. The first-order valence-electron chi connectivity index (χ1n) is 10.6. The van der Waals surface area contributed by atoms with E-state index in [1.807, 2.05) is 51.9 Å². The lowest BCUT2D eigenvalue weighted by molar-refractivity contribution is 0.0594. The average Bonchev–Trinajstić information content (AvgIpc) is 2.80. The molecule has 31 heavy (non-hydrogen) atoms. The Morgan fingerprint density at radius 2 is 1.74 bits per heavy atom. The van der Waals surface area contributed by atoms with Gasteiger partial charge in [-0.15, -0.1) is 0 Å². The molecule has 1 N–H and O–H groups in total. The van der Waals surface area contributed by atoms with Crippen molar-refractivity contribution in [3.05, 3.63) is 99.7 Å². The Balaban J connectivity index is 1.34. The van der Waals surface area contributed by atoms with Gasteiger partial charge in [0.2, 0.25) is 0 Å². The summed E-state index contributed by atoms with van der Waals surface area (Å²) >= 11 is 0. The molecule has 1 fully saturated rings. The van der Waals surface area contributed by atoms with E-state index in [-0.39, 0.29) is 29.1 Å². The van der Waals surface area contributed by atoms with Crippen molar-refractivity contribution in [2.24, 2.45) is 5.92 Å². The number of nitrogens with zero attached hydrogens (tertiary/aromatic N) is 2. The van der Waals surface area contributed by atoms with Gasteiger partial charge in [0.15, 0.2) is 0 Å². The summed E-state index contributed by atoms with van der Waals surface area (Å²) in [5.74, 6) is 0.218. The SMILES string of the molecule is O=C(c1ccccc1)N1CC2CC(C1)c1ccc(NCc3ccc(F)cc3)c(=O)n1C2. The number of nitrogens with one attached hydrogen (secondary N) is 1. The number of likely N-dealkylation sites (tertiary alicyclic amines) is 1. The topological polar surface area (TPSA) is 54.3 Å². The highest BCUT2D eigenvalue weighted by Crippen LogP contribution is 2.36. The summed E-state index contributed by atoms with van der Waals surface area (Å²) in [5, 5.41) is 3.19. The van der Waals surface area contributed by atoms with Crippen LogP contribution in [0.5, 0.6) is 0 Å². The van der Waals surface area contributed by atoms with Crippen molar-refractivity contribution in [1.29, 1.82) is 0 Å². The van der Waals surface area contributed by atoms with Crippen LogP contribution < -0.4 is 10.9 Å². The second-order valence-corrected chi connectivity index (χ2v) is 8.44. The first-order chi connectivity index (χ1) is 15.1. The van der Waals surface area contributed by atoms with Crippen molar-refractivity contribution in [3.8, 4) is 0 Å². The smallest absolute Gasteiger partial charge is 0.274 e. The molecule has 2 atom stereocenters. The van der Waals surface area contributed by atoms with E-state index in [9.17, 15) is 14.0 Å². The summed E-state index contributed by atoms with van der Waals surface area (Å²) in [7, 11) is 0. The van der Waals surface area contributed by atoms with Crippen molar-refractivity contribution in [1.82, 2.24) is 9.47 Å². The van der Waals surface area contributed by atoms with Crippen molar-refractivity contribution >= 4 is 11.6 Å². The molecule has 5 nitrogen and oxygen atoms in total. The molecule has 1 saturated heterocycles. The van der Waals surface area contributed by atoms with E-state index in [4.69, 9.17) is 0 Å². The van der Waals surface area contributed by atoms with E-state index in [1.165, 1.54) is 12.1 Å². The number of fused-ring (bicyclic) bond motifs is 4. The zero-order valence-corrected chi connectivity index (χ0v) is 17.1. The van der Waals surface area contributed by atoms with Crippen molar-refractivity contribution in [3.63, 3.8) is 0 Å². The molecule has 2 bridgehead atoms. The minimum atomic E-state index is -0.274. The molecule has 1 aromatic heterocycles. The number of hydrogen-bond acceptors (Lipinski definition) is 3. The monoisotopic (exact) mass is 417 g/mol. The molecule has 2 aliphatic rings. The van der Waals surface area contributed by atoms with Crippen LogP contribution in [-0.4, -0.2) is 28.5 Å². The fraction of sp³-hybridized carbons (Fsp3) is 0.280. The second kappa shape index (κ2) is 8.02. The normalized spacial score (nSPS) is 19.6. The molecule has 0 radical (unpaired) electrons. The summed E-state index contributed by atoms with van der Waals surface area (Å²) in [4.78, 5) is 28.0. The van der Waals surface area contributed by atoms with Crippen LogP contribution >= 0.6 is 0 Å². The van der Waals surface area contributed by atoms with Gasteiger partial charge in [-0.05, 0) is 54.3 Å². The number of pyridine rings is 1. The number of rotatable bonds is 4. The number of piperidine rings is 1. The minimum absolute atomic E-state index is 0.0304. The second-order valence-electron chi connectivity index (χ2n) is 8.44. The molecule has 0 aliphatic carbocycles. The van der Waals surface area contributed by atoms with Crippen LogP contribution in [0.3, 0.4) is 0 Å². The molecular weight excluding hydrogens is 393 g/mol. The third kappa shape index (κ3) is 3.85. The molecule has 0 saturated carbocycles. The van der Waals surface area contributed by atoms with Gasteiger partial charge < -0.3 is 14.8 Å². The van der Waals surface area contributed by atoms with Gasteiger partial charge in [0.05, 0.1) is 0 Å². The molecule has 2 aromatic carbocycles. The summed E-state index contributed by atoms with van der Waals surface area (Å²) in [6.45, 7) is 2.38. The fourth-order valence-corrected chi connectivity index (χ4v) is 4.81. The Hall–Kier alpha value is -3.41. The number of carbonyl (C=O) groups is 1. The Morgan fingerprint density at radius 3 is 2.52 bits per heavy atom. The number of carbonyl (C=O) groups excluding carboxylic acids is 1. The lowest BCUT2D eigenvalue weighted by atomic mass is 9.83. The lowest BCUT2D eigenvalue weighted by Gasteiger charge is -2.43. The van der Waals surface area contributed by atoms with Gasteiger partial charge in [-0.3, -0.25) is 9.59 Å². The van der Waals surface area contributed by atoms with E-state index >= 15 is 0 Å². The average molecular weight is 417 g/mol. The van der Waals surface area contributed by atoms with Crippen LogP contribution in [0.4, 0.5) is 10.1 Å².